The molecule has 0 aliphatic heterocycles. The summed E-state index contributed by atoms with van der Waals surface area (Å²) >= 11 is 12.0. The molecule has 0 aliphatic carbocycles. The van der Waals surface area contributed by atoms with Crippen LogP contribution >= 0.6 is 23.2 Å². The summed E-state index contributed by atoms with van der Waals surface area (Å²) in [7, 11) is 0. The molecule has 0 spiro atoms. The van der Waals surface area contributed by atoms with Crippen molar-refractivity contribution in [1.29, 1.82) is 0 Å². The van der Waals surface area contributed by atoms with Crippen LogP contribution in [-0.2, 0) is 6.42 Å². The number of hydrogen-bond acceptors (Lipinski definition) is 2. The second-order valence-electron chi connectivity index (χ2n) is 4.25. The Hall–Kier alpha value is -1.38. The Morgan fingerprint density at radius 1 is 1.05 bits per heavy atom. The van der Waals surface area contributed by atoms with E-state index in [-0.39, 0.29) is 0 Å². The maximum atomic E-state index is 6.04. The van der Waals surface area contributed by atoms with Gasteiger partial charge in [0.1, 0.15) is 10.8 Å². The number of ether oxygens (including phenoxy) is 1. The normalized spacial score (nSPS) is 10.4. The minimum absolute atomic E-state index is 0.466. The fraction of sp³-hybridized carbons (Fsp3) is 0.200. The summed E-state index contributed by atoms with van der Waals surface area (Å²) in [6, 6.07) is 13.2. The second-order valence-corrected chi connectivity index (χ2v) is 5.03. The molecule has 0 unspecified atom stereocenters. The first-order valence-electron chi connectivity index (χ1n) is 6.08. The van der Waals surface area contributed by atoms with Crippen LogP contribution in [0.3, 0.4) is 0 Å². The van der Waals surface area contributed by atoms with Gasteiger partial charge in [-0.2, -0.15) is 0 Å². The van der Waals surface area contributed by atoms with E-state index in [1.54, 1.807) is 6.07 Å². The highest BCUT2D eigenvalue weighted by Crippen LogP contribution is 2.31. The topological polar surface area (TPSA) is 35.2 Å². The molecule has 0 saturated carbocycles. The van der Waals surface area contributed by atoms with E-state index in [1.165, 1.54) is 5.56 Å². The van der Waals surface area contributed by atoms with Gasteiger partial charge < -0.3 is 10.5 Å². The Bertz CT molecular complexity index is 558. The highest BCUT2D eigenvalue weighted by molar-refractivity contribution is 6.42. The molecule has 0 heterocycles. The average Bonchev–Trinajstić information content (AvgIpc) is 2.39. The number of aryl methyl sites for hydroxylation is 1. The van der Waals surface area contributed by atoms with Crippen LogP contribution in [0.25, 0.3) is 0 Å². The Kier molecular flexibility index (Phi) is 4.94. The van der Waals surface area contributed by atoms with Gasteiger partial charge in [-0.05, 0) is 42.7 Å². The van der Waals surface area contributed by atoms with Crippen molar-refractivity contribution in [3.05, 3.63) is 58.1 Å². The van der Waals surface area contributed by atoms with Gasteiger partial charge in [0.05, 0.1) is 11.6 Å². The molecule has 0 bridgehead atoms. The molecule has 4 heteroatoms. The fourth-order valence-corrected chi connectivity index (χ4v) is 2.15. The van der Waals surface area contributed by atoms with Crippen molar-refractivity contribution in [1.82, 2.24) is 0 Å². The smallest absolute Gasteiger partial charge is 0.139 e. The highest BCUT2D eigenvalue weighted by atomic mass is 35.5. The molecule has 0 saturated heterocycles. The lowest BCUT2D eigenvalue weighted by Gasteiger charge is -2.09. The van der Waals surface area contributed by atoms with Crippen molar-refractivity contribution in [3.8, 4) is 5.75 Å². The predicted octanol–water partition coefficient (Wildman–Crippen LogP) is 4.59. The number of nitrogens with two attached hydrogens (primary N) is 1. The number of benzene rings is 2. The molecule has 0 aliphatic rings. The predicted molar refractivity (Wildman–Crippen MR) is 81.1 cm³/mol. The van der Waals surface area contributed by atoms with Crippen molar-refractivity contribution in [2.75, 3.05) is 12.3 Å². The third kappa shape index (κ3) is 4.05. The van der Waals surface area contributed by atoms with Crippen molar-refractivity contribution < 1.29 is 4.74 Å². The second kappa shape index (κ2) is 6.69. The van der Waals surface area contributed by atoms with Crippen LogP contribution in [0.15, 0.2) is 42.5 Å². The van der Waals surface area contributed by atoms with Crippen molar-refractivity contribution >= 4 is 28.9 Å². The van der Waals surface area contributed by atoms with E-state index in [4.69, 9.17) is 33.7 Å². The molecule has 0 amide bonds. The van der Waals surface area contributed by atoms with Crippen molar-refractivity contribution in [2.45, 2.75) is 12.8 Å². The van der Waals surface area contributed by atoms with Gasteiger partial charge in [-0.15, -0.1) is 0 Å². The van der Waals surface area contributed by atoms with Gasteiger partial charge in [0.2, 0.25) is 0 Å². The van der Waals surface area contributed by atoms with Crippen LogP contribution in [0.2, 0.25) is 10.0 Å². The molecule has 2 aromatic rings. The molecule has 0 atom stereocenters. The van der Waals surface area contributed by atoms with Gasteiger partial charge in [-0.3, -0.25) is 0 Å². The van der Waals surface area contributed by atoms with Crippen LogP contribution < -0.4 is 10.5 Å². The van der Waals surface area contributed by atoms with Gasteiger partial charge in [0.25, 0.3) is 0 Å². The number of rotatable bonds is 5. The van der Waals surface area contributed by atoms with E-state index < -0.39 is 0 Å². The summed E-state index contributed by atoms with van der Waals surface area (Å²) in [5.41, 5.74) is 7.72. The maximum absolute atomic E-state index is 6.04. The molecule has 0 aromatic heterocycles. The molecular formula is C15H15Cl2NO. The summed E-state index contributed by atoms with van der Waals surface area (Å²) in [5.74, 6) is 0.627. The fourth-order valence-electron chi connectivity index (χ4n) is 1.80. The minimum Gasteiger partial charge on any atom is -0.492 e. The van der Waals surface area contributed by atoms with Gasteiger partial charge in [0, 0.05) is 5.69 Å². The first-order chi connectivity index (χ1) is 9.16. The summed E-state index contributed by atoms with van der Waals surface area (Å²) in [6.45, 7) is 0.592. The number of anilines is 1. The Balaban J connectivity index is 1.82. The number of hydrogen-bond donors (Lipinski definition) is 1. The SMILES string of the molecule is Nc1cccc(CCCOc2cccc(Cl)c2Cl)c1. The molecule has 0 fully saturated rings. The van der Waals surface area contributed by atoms with E-state index in [2.05, 4.69) is 6.07 Å². The zero-order valence-electron chi connectivity index (χ0n) is 10.4. The molecule has 2 nitrogen and oxygen atoms in total. The molecule has 19 heavy (non-hydrogen) atoms. The monoisotopic (exact) mass is 295 g/mol. The van der Waals surface area contributed by atoms with Crippen LogP contribution in [0.5, 0.6) is 5.75 Å². The summed E-state index contributed by atoms with van der Waals surface area (Å²) in [4.78, 5) is 0. The Morgan fingerprint density at radius 3 is 2.63 bits per heavy atom. The van der Waals surface area contributed by atoms with Gasteiger partial charge >= 0.3 is 0 Å². The quantitative estimate of drug-likeness (QED) is 0.647. The number of halogens is 2. The molecule has 2 aromatic carbocycles. The lowest BCUT2D eigenvalue weighted by molar-refractivity contribution is 0.311. The van der Waals surface area contributed by atoms with E-state index >= 15 is 0 Å². The Morgan fingerprint density at radius 2 is 1.84 bits per heavy atom. The van der Waals surface area contributed by atoms with Crippen LogP contribution in [0, 0.1) is 0 Å². The van der Waals surface area contributed by atoms with E-state index in [0.29, 0.717) is 22.4 Å². The third-order valence-electron chi connectivity index (χ3n) is 2.73. The number of nitrogen functional groups attached to an aromatic ring is 1. The first-order valence-corrected chi connectivity index (χ1v) is 6.83. The minimum atomic E-state index is 0.466. The largest absolute Gasteiger partial charge is 0.492 e. The summed E-state index contributed by atoms with van der Waals surface area (Å²) in [5, 5.41) is 0.975. The molecule has 100 valence electrons. The van der Waals surface area contributed by atoms with Crippen molar-refractivity contribution in [3.63, 3.8) is 0 Å². The average molecular weight is 296 g/mol. The highest BCUT2D eigenvalue weighted by Gasteiger charge is 2.04. The summed E-state index contributed by atoms with van der Waals surface area (Å²) < 4.78 is 5.62. The van der Waals surface area contributed by atoms with E-state index in [0.717, 1.165) is 18.5 Å². The molecule has 2 rings (SSSR count). The standard InChI is InChI=1S/C15H15Cl2NO/c16-13-7-2-8-14(15(13)17)19-9-3-5-11-4-1-6-12(18)10-11/h1-2,4,6-8,10H,3,5,9,18H2. The van der Waals surface area contributed by atoms with Crippen LogP contribution in [0.4, 0.5) is 5.69 Å². The van der Waals surface area contributed by atoms with Crippen LogP contribution in [0.1, 0.15) is 12.0 Å². The zero-order valence-corrected chi connectivity index (χ0v) is 11.9. The van der Waals surface area contributed by atoms with Crippen LogP contribution in [-0.4, -0.2) is 6.61 Å². The van der Waals surface area contributed by atoms with E-state index in [9.17, 15) is 0 Å². The van der Waals surface area contributed by atoms with Gasteiger partial charge in [-0.25, -0.2) is 0 Å². The third-order valence-corrected chi connectivity index (χ3v) is 3.54. The van der Waals surface area contributed by atoms with E-state index in [1.807, 2.05) is 30.3 Å². The van der Waals surface area contributed by atoms with Gasteiger partial charge in [0.15, 0.2) is 0 Å². The van der Waals surface area contributed by atoms with Crippen molar-refractivity contribution in [2.24, 2.45) is 0 Å². The lowest BCUT2D eigenvalue weighted by Crippen LogP contribution is -2.00. The van der Waals surface area contributed by atoms with Gasteiger partial charge in [-0.1, -0.05) is 41.4 Å². The zero-order chi connectivity index (χ0) is 13.7. The Labute approximate surface area is 123 Å². The molecule has 0 radical (unpaired) electrons. The molecular weight excluding hydrogens is 281 g/mol. The summed E-state index contributed by atoms with van der Waals surface area (Å²) in [6.07, 6.45) is 1.82. The lowest BCUT2D eigenvalue weighted by atomic mass is 10.1. The maximum Gasteiger partial charge on any atom is 0.139 e. The molecule has 2 N–H and O–H groups in total. The first kappa shape index (κ1) is 14.0.